The Morgan fingerprint density at radius 3 is 1.15 bits per heavy atom. The van der Waals surface area contributed by atoms with Crippen LogP contribution in [-0.2, 0) is 0 Å². The van der Waals surface area contributed by atoms with Gasteiger partial charge < -0.3 is 0 Å². The van der Waals surface area contributed by atoms with E-state index in [1.54, 1.807) is 0 Å². The maximum atomic E-state index is 3.92. The van der Waals surface area contributed by atoms with Gasteiger partial charge in [0.2, 0.25) is 0 Å². The Labute approximate surface area is 176 Å². The zero-order valence-corrected chi connectivity index (χ0v) is 18.8. The fourth-order valence-electron chi connectivity index (χ4n) is 4.88. The molecular weight excluding hydrogens is 306 g/mol. The van der Waals surface area contributed by atoms with E-state index in [0.29, 0.717) is 0 Å². The number of rotatable bonds is 2. The summed E-state index contributed by atoms with van der Waals surface area (Å²) in [6.07, 6.45) is 12.9. The Morgan fingerprint density at radius 2 is 0.885 bits per heavy atom. The quantitative estimate of drug-likeness (QED) is 0.517. The van der Waals surface area contributed by atoms with E-state index >= 15 is 0 Å². The molecule has 2 heteroatoms. The van der Waals surface area contributed by atoms with Crippen LogP contribution >= 0.6 is 0 Å². The summed E-state index contributed by atoms with van der Waals surface area (Å²) in [6.45, 7) is 13.5. The molecule has 2 rings (SSSR count). The van der Waals surface area contributed by atoms with Crippen molar-refractivity contribution in [2.75, 3.05) is 0 Å². The van der Waals surface area contributed by atoms with Crippen molar-refractivity contribution in [3.05, 3.63) is 0 Å². The molecule has 0 spiro atoms. The summed E-state index contributed by atoms with van der Waals surface area (Å²) in [5, 5.41) is 0. The van der Waals surface area contributed by atoms with Crippen LogP contribution in [0.4, 0.5) is 0 Å². The molecule has 0 N–H and O–H groups in total. The van der Waals surface area contributed by atoms with Crippen molar-refractivity contribution in [3.63, 3.8) is 0 Å². The summed E-state index contributed by atoms with van der Waals surface area (Å²) in [7, 11) is 0. The van der Waals surface area contributed by atoms with Gasteiger partial charge in [0.25, 0.3) is 0 Å². The summed E-state index contributed by atoms with van der Waals surface area (Å²) in [5.74, 6) is 16.7. The van der Waals surface area contributed by atoms with E-state index in [9.17, 15) is 0 Å². The van der Waals surface area contributed by atoms with Crippen molar-refractivity contribution in [3.8, 4) is 23.5 Å². The topological polar surface area (TPSA) is 0 Å². The van der Waals surface area contributed by atoms with Gasteiger partial charge in [0.1, 0.15) is 6.15 Å². The van der Waals surface area contributed by atoms with E-state index in [2.05, 4.69) is 65.0 Å². The van der Waals surface area contributed by atoms with Gasteiger partial charge in [-0.25, -0.2) is 0 Å². The van der Waals surface area contributed by atoms with Crippen molar-refractivity contribution in [1.29, 1.82) is 0 Å². The third-order valence-corrected chi connectivity index (χ3v) is 6.16. The average molecular weight is 346 g/mol. The smallest absolute Gasteiger partial charge is 0.297 e. The van der Waals surface area contributed by atoms with E-state index in [-0.39, 0.29) is 29.7 Å². The van der Waals surface area contributed by atoms with Gasteiger partial charge in [-0.15, -0.1) is 23.5 Å². The van der Waals surface area contributed by atoms with Crippen LogP contribution in [0.2, 0.25) is 11.6 Å². The molecule has 0 atom stereocenters. The van der Waals surface area contributed by atoms with E-state index in [0.717, 1.165) is 11.6 Å². The molecule has 0 aromatic rings. The number of hydrogen-bond donors (Lipinski definition) is 0. The van der Waals surface area contributed by atoms with Gasteiger partial charge in [-0.1, -0.05) is 64.2 Å². The molecule has 2 fully saturated rings. The molecule has 0 unspecified atom stereocenters. The van der Waals surface area contributed by atoms with Gasteiger partial charge in [0.05, 0.1) is 0 Å². The maximum Gasteiger partial charge on any atom is 1.00 e. The first kappa shape index (κ1) is 23.8. The van der Waals surface area contributed by atoms with Crippen LogP contribution in [0.15, 0.2) is 0 Å². The first-order valence-electron chi connectivity index (χ1n) is 10.9. The molecule has 0 heterocycles. The third kappa shape index (κ3) is 7.07. The molecule has 26 heavy (non-hydrogen) atoms. The van der Waals surface area contributed by atoms with Gasteiger partial charge >= 0.3 is 18.9 Å². The minimum atomic E-state index is -0.908. The Bertz CT molecular complexity index is 491. The predicted molar refractivity (Wildman–Crippen MR) is 114 cm³/mol. The first-order valence-corrected chi connectivity index (χ1v) is 10.9. The molecular formula is C24H40BLi. The molecule has 0 aromatic heterocycles. The molecule has 2 aliphatic rings. The van der Waals surface area contributed by atoms with Gasteiger partial charge in [-0.2, -0.15) is 0 Å². The predicted octanol–water partition coefficient (Wildman–Crippen LogP) is 4.29. The van der Waals surface area contributed by atoms with E-state index in [4.69, 9.17) is 0 Å². The Morgan fingerprint density at radius 1 is 0.577 bits per heavy atom. The zero-order chi connectivity index (χ0) is 18.6. The Kier molecular flexibility index (Phi) is 9.00. The SMILES string of the molecule is CC(C)(C)C#C[B-](C#CC(C)(C)C)(C1CCCCC1)C1CCCCC1.[Li+]. The van der Waals surface area contributed by atoms with Gasteiger partial charge in [0, 0.05) is 10.8 Å². The fourth-order valence-corrected chi connectivity index (χ4v) is 4.88. The summed E-state index contributed by atoms with van der Waals surface area (Å²) >= 11 is 0. The van der Waals surface area contributed by atoms with Crippen LogP contribution in [0.25, 0.3) is 0 Å². The first-order chi connectivity index (χ1) is 11.6. The van der Waals surface area contributed by atoms with Crippen molar-refractivity contribution in [2.45, 2.75) is 117 Å². The van der Waals surface area contributed by atoms with E-state index in [1.807, 2.05) is 0 Å². The van der Waals surface area contributed by atoms with Crippen molar-refractivity contribution < 1.29 is 18.9 Å². The van der Waals surface area contributed by atoms with E-state index in [1.165, 1.54) is 64.2 Å². The van der Waals surface area contributed by atoms with Crippen molar-refractivity contribution in [2.24, 2.45) is 10.8 Å². The molecule has 2 saturated carbocycles. The fraction of sp³-hybridized carbons (Fsp3) is 0.833. The normalized spacial score (nSPS) is 20.2. The minimum absolute atomic E-state index is 0. The summed E-state index contributed by atoms with van der Waals surface area (Å²) in [6, 6.07) is 0. The summed E-state index contributed by atoms with van der Waals surface area (Å²) in [5.41, 5.74) is 0.138. The molecule has 0 aliphatic heterocycles. The van der Waals surface area contributed by atoms with Crippen molar-refractivity contribution >= 4 is 6.15 Å². The van der Waals surface area contributed by atoms with Crippen LogP contribution < -0.4 is 18.9 Å². The zero-order valence-electron chi connectivity index (χ0n) is 18.8. The van der Waals surface area contributed by atoms with Crippen LogP contribution in [0.3, 0.4) is 0 Å². The van der Waals surface area contributed by atoms with Gasteiger partial charge in [-0.3, -0.25) is 11.6 Å². The molecule has 0 saturated heterocycles. The van der Waals surface area contributed by atoms with Crippen LogP contribution in [0.5, 0.6) is 0 Å². The Hall–Kier alpha value is -0.218. The second-order valence-electron chi connectivity index (χ2n) is 10.8. The molecule has 0 bridgehead atoms. The Balaban J connectivity index is 0.00000338. The van der Waals surface area contributed by atoms with Crippen LogP contribution in [-0.4, -0.2) is 6.15 Å². The monoisotopic (exact) mass is 346 g/mol. The van der Waals surface area contributed by atoms with Gasteiger partial charge in [-0.05, 0) is 41.5 Å². The second-order valence-corrected chi connectivity index (χ2v) is 10.8. The van der Waals surface area contributed by atoms with Crippen LogP contribution in [0, 0.1) is 34.3 Å². The molecule has 0 radical (unpaired) electrons. The summed E-state index contributed by atoms with van der Waals surface area (Å²) < 4.78 is 0. The third-order valence-electron chi connectivity index (χ3n) is 6.16. The van der Waals surface area contributed by atoms with Crippen molar-refractivity contribution in [1.82, 2.24) is 0 Å². The maximum absolute atomic E-state index is 3.92. The summed E-state index contributed by atoms with van der Waals surface area (Å²) in [4.78, 5) is 0. The number of hydrogen-bond acceptors (Lipinski definition) is 0. The molecule has 140 valence electrons. The standard InChI is InChI=1S/C24H40B.Li/c1-23(2,3)17-19-25(20-18-24(4,5)6,21-13-9-7-10-14-21)22-15-11-8-12-16-22;/h21-22H,7-16H2,1-6H3;/q-1;+1. The average Bonchev–Trinajstić information content (AvgIpc) is 2.55. The van der Waals surface area contributed by atoms with Crippen LogP contribution in [0.1, 0.15) is 106 Å². The van der Waals surface area contributed by atoms with Gasteiger partial charge in [0.15, 0.2) is 0 Å². The molecule has 2 aliphatic carbocycles. The molecule has 0 nitrogen and oxygen atoms in total. The molecule has 0 amide bonds. The second kappa shape index (κ2) is 9.82. The van der Waals surface area contributed by atoms with E-state index < -0.39 is 6.15 Å². The largest absolute Gasteiger partial charge is 1.00 e. The molecule has 0 aromatic carbocycles. The minimum Gasteiger partial charge on any atom is -0.297 e.